The molecule has 0 saturated heterocycles. The zero-order chi connectivity index (χ0) is 16.7. The van der Waals surface area contributed by atoms with Crippen LogP contribution in [-0.4, -0.2) is 25.4 Å². The van der Waals surface area contributed by atoms with Gasteiger partial charge < -0.3 is 10.2 Å². The number of aryl methyl sites for hydroxylation is 1. The Hall–Kier alpha value is -2.03. The zero-order valence-corrected chi connectivity index (χ0v) is 14.6. The Balaban J connectivity index is 3.47. The van der Waals surface area contributed by atoms with E-state index < -0.39 is 0 Å². The van der Waals surface area contributed by atoms with Gasteiger partial charge in [-0.15, -0.1) is 0 Å². The van der Waals surface area contributed by atoms with Crippen LogP contribution in [0.25, 0.3) is 5.57 Å². The molecule has 120 valence electrons. The number of benzene rings is 1. The molecule has 1 rings (SSSR count). The number of rotatable bonds is 7. The van der Waals surface area contributed by atoms with Gasteiger partial charge in [0.1, 0.15) is 0 Å². The van der Waals surface area contributed by atoms with Gasteiger partial charge in [0.05, 0.1) is 5.70 Å². The Morgan fingerprint density at radius 3 is 2.55 bits per heavy atom. The molecule has 1 aromatic rings. The molecule has 0 radical (unpaired) electrons. The van der Waals surface area contributed by atoms with E-state index in [1.165, 1.54) is 16.7 Å². The fourth-order valence-electron chi connectivity index (χ4n) is 2.52. The maximum absolute atomic E-state index is 11.0. The highest BCUT2D eigenvalue weighted by Crippen LogP contribution is 2.31. The van der Waals surface area contributed by atoms with Crippen LogP contribution in [0.4, 0.5) is 0 Å². The smallest absolute Gasteiger partial charge is 0.211 e. The second-order valence-electron chi connectivity index (χ2n) is 5.87. The van der Waals surface area contributed by atoms with Gasteiger partial charge in [-0.3, -0.25) is 4.79 Å². The van der Waals surface area contributed by atoms with Gasteiger partial charge in [0, 0.05) is 25.9 Å². The molecular weight excluding hydrogens is 272 g/mol. The van der Waals surface area contributed by atoms with E-state index in [1.54, 1.807) is 0 Å². The lowest BCUT2D eigenvalue weighted by molar-refractivity contribution is -0.108. The van der Waals surface area contributed by atoms with Gasteiger partial charge in [0.25, 0.3) is 0 Å². The number of nitrogens with one attached hydrogen (secondary N) is 1. The topological polar surface area (TPSA) is 32.3 Å². The summed E-state index contributed by atoms with van der Waals surface area (Å²) in [6.07, 6.45) is 5.82. The van der Waals surface area contributed by atoms with Crippen molar-refractivity contribution in [1.29, 1.82) is 0 Å². The average Bonchev–Trinajstić information content (AvgIpc) is 2.47. The molecular formula is C19H28N2O. The first kappa shape index (κ1) is 18.0. The molecule has 1 amide bonds. The van der Waals surface area contributed by atoms with Gasteiger partial charge in [-0.05, 0) is 37.3 Å². The molecule has 1 unspecified atom stereocenters. The largest absolute Gasteiger partial charge is 0.382 e. The number of carbonyl (C=O) groups is 1. The lowest BCUT2D eigenvalue weighted by atomic mass is 9.87. The van der Waals surface area contributed by atoms with Crippen LogP contribution in [0.2, 0.25) is 0 Å². The van der Waals surface area contributed by atoms with Crippen molar-refractivity contribution in [3.05, 3.63) is 52.9 Å². The van der Waals surface area contributed by atoms with Gasteiger partial charge in [0.15, 0.2) is 0 Å². The SMILES string of the molecule is C/C=C(\C(=C/N(C)C)NC=O)c1cc(C)ccc1C(C)CC. The van der Waals surface area contributed by atoms with Crippen LogP contribution >= 0.6 is 0 Å². The maximum Gasteiger partial charge on any atom is 0.211 e. The van der Waals surface area contributed by atoms with Gasteiger partial charge in [-0.25, -0.2) is 0 Å². The summed E-state index contributed by atoms with van der Waals surface area (Å²) in [5, 5.41) is 2.84. The van der Waals surface area contributed by atoms with Crippen LogP contribution in [0, 0.1) is 6.92 Å². The van der Waals surface area contributed by atoms with Crippen LogP contribution in [-0.2, 0) is 4.79 Å². The third-order valence-electron chi connectivity index (χ3n) is 3.82. The average molecular weight is 300 g/mol. The summed E-state index contributed by atoms with van der Waals surface area (Å²) in [4.78, 5) is 12.9. The summed E-state index contributed by atoms with van der Waals surface area (Å²) in [6, 6.07) is 6.56. The molecule has 0 heterocycles. The minimum atomic E-state index is 0.474. The van der Waals surface area contributed by atoms with Gasteiger partial charge in [-0.2, -0.15) is 0 Å². The molecule has 0 fully saturated rings. The molecule has 1 aromatic carbocycles. The molecule has 0 spiro atoms. The van der Waals surface area contributed by atoms with Crippen LogP contribution in [0.3, 0.4) is 0 Å². The third-order valence-corrected chi connectivity index (χ3v) is 3.82. The van der Waals surface area contributed by atoms with E-state index in [2.05, 4.69) is 50.4 Å². The molecule has 0 aromatic heterocycles. The lowest BCUT2D eigenvalue weighted by Crippen LogP contribution is -2.17. The quantitative estimate of drug-likeness (QED) is 0.608. The molecule has 3 nitrogen and oxygen atoms in total. The monoisotopic (exact) mass is 300 g/mol. The van der Waals surface area contributed by atoms with Crippen molar-refractivity contribution >= 4 is 12.0 Å². The third kappa shape index (κ3) is 4.48. The van der Waals surface area contributed by atoms with Crippen molar-refractivity contribution in [2.45, 2.75) is 40.0 Å². The van der Waals surface area contributed by atoms with Crippen molar-refractivity contribution in [2.75, 3.05) is 14.1 Å². The molecule has 0 bridgehead atoms. The molecule has 22 heavy (non-hydrogen) atoms. The van der Waals surface area contributed by atoms with E-state index in [0.717, 1.165) is 24.1 Å². The van der Waals surface area contributed by atoms with E-state index >= 15 is 0 Å². The number of hydrogen-bond acceptors (Lipinski definition) is 2. The molecule has 0 aliphatic rings. The number of nitrogens with zero attached hydrogens (tertiary/aromatic N) is 1. The Kier molecular flexibility index (Phi) is 6.90. The minimum absolute atomic E-state index is 0.474. The van der Waals surface area contributed by atoms with E-state index in [0.29, 0.717) is 5.92 Å². The Morgan fingerprint density at radius 1 is 1.36 bits per heavy atom. The van der Waals surface area contributed by atoms with Crippen LogP contribution < -0.4 is 5.32 Å². The summed E-state index contributed by atoms with van der Waals surface area (Å²) >= 11 is 0. The molecule has 1 atom stereocenters. The van der Waals surface area contributed by atoms with Crippen LogP contribution in [0.1, 0.15) is 49.8 Å². The second kappa shape index (κ2) is 8.42. The first-order valence-corrected chi connectivity index (χ1v) is 7.80. The number of hydrogen-bond donors (Lipinski definition) is 1. The molecule has 1 N–H and O–H groups in total. The summed E-state index contributed by atoms with van der Waals surface area (Å²) in [6.45, 7) is 8.54. The van der Waals surface area contributed by atoms with Gasteiger partial charge in [0.2, 0.25) is 6.41 Å². The summed E-state index contributed by atoms with van der Waals surface area (Å²) in [5.74, 6) is 0.474. The van der Waals surface area contributed by atoms with Crippen molar-refractivity contribution in [1.82, 2.24) is 10.2 Å². The fourth-order valence-corrected chi connectivity index (χ4v) is 2.52. The number of allylic oxidation sites excluding steroid dienone is 2. The van der Waals surface area contributed by atoms with Crippen molar-refractivity contribution < 1.29 is 4.79 Å². The van der Waals surface area contributed by atoms with Crippen molar-refractivity contribution in [2.24, 2.45) is 0 Å². The summed E-state index contributed by atoms with van der Waals surface area (Å²) in [5.41, 5.74) is 5.60. The highest BCUT2D eigenvalue weighted by Gasteiger charge is 2.15. The second-order valence-corrected chi connectivity index (χ2v) is 5.87. The van der Waals surface area contributed by atoms with Crippen LogP contribution in [0.15, 0.2) is 36.2 Å². The Bertz CT molecular complexity index is 571. The first-order chi connectivity index (χ1) is 10.4. The standard InChI is InChI=1S/C19H28N2O/c1-7-15(4)17-10-9-14(3)11-18(17)16(8-2)19(20-13-22)12-21(5)6/h8-13,15H,7H2,1-6H3,(H,20,22)/b16-8-,19-12+. The molecule has 0 saturated carbocycles. The maximum atomic E-state index is 11.0. The normalized spacial score (nSPS) is 13.7. The van der Waals surface area contributed by atoms with E-state index in [9.17, 15) is 4.79 Å². The number of carbonyl (C=O) groups excluding carboxylic acids is 1. The van der Waals surface area contributed by atoms with Crippen molar-refractivity contribution in [3.8, 4) is 0 Å². The Morgan fingerprint density at radius 2 is 2.05 bits per heavy atom. The van der Waals surface area contributed by atoms with E-state index in [4.69, 9.17) is 0 Å². The fraction of sp³-hybridized carbons (Fsp3) is 0.421. The molecule has 0 aliphatic carbocycles. The van der Waals surface area contributed by atoms with Gasteiger partial charge in [-0.1, -0.05) is 43.7 Å². The van der Waals surface area contributed by atoms with E-state index in [1.807, 2.05) is 32.1 Å². The summed E-state index contributed by atoms with van der Waals surface area (Å²) < 4.78 is 0. The zero-order valence-electron chi connectivity index (χ0n) is 14.6. The molecule has 3 heteroatoms. The lowest BCUT2D eigenvalue weighted by Gasteiger charge is -2.21. The number of amides is 1. The van der Waals surface area contributed by atoms with Crippen molar-refractivity contribution in [3.63, 3.8) is 0 Å². The van der Waals surface area contributed by atoms with Gasteiger partial charge >= 0.3 is 0 Å². The minimum Gasteiger partial charge on any atom is -0.382 e. The van der Waals surface area contributed by atoms with E-state index in [-0.39, 0.29) is 0 Å². The predicted molar refractivity (Wildman–Crippen MR) is 94.5 cm³/mol. The summed E-state index contributed by atoms with van der Waals surface area (Å²) in [7, 11) is 3.90. The first-order valence-electron chi connectivity index (χ1n) is 7.80. The Labute approximate surface area is 134 Å². The van der Waals surface area contributed by atoms with Crippen LogP contribution in [0.5, 0.6) is 0 Å². The highest BCUT2D eigenvalue weighted by atomic mass is 16.1. The molecule has 0 aliphatic heterocycles. The highest BCUT2D eigenvalue weighted by molar-refractivity contribution is 5.82. The predicted octanol–water partition coefficient (Wildman–Crippen LogP) is 4.06.